The van der Waals surface area contributed by atoms with Crippen molar-refractivity contribution in [2.24, 2.45) is 0 Å². The van der Waals surface area contributed by atoms with Gasteiger partial charge in [-0.1, -0.05) is 71.0 Å². The van der Waals surface area contributed by atoms with Crippen LogP contribution in [0.3, 0.4) is 0 Å². The molecule has 0 radical (unpaired) electrons. The summed E-state index contributed by atoms with van der Waals surface area (Å²) in [5, 5.41) is 3.32. The van der Waals surface area contributed by atoms with Crippen LogP contribution >= 0.6 is 58.0 Å². The highest BCUT2D eigenvalue weighted by Crippen LogP contribution is 2.35. The van der Waals surface area contributed by atoms with Crippen molar-refractivity contribution in [3.63, 3.8) is 0 Å². The molecule has 0 bridgehead atoms. The molecular weight excluding hydrogens is 568 g/mol. The molecule has 0 aliphatic rings. The Balaban J connectivity index is 2.51. The molecular formula is C21H22Cl5N3O4S. The smallest absolute Gasteiger partial charge is 0.244 e. The van der Waals surface area contributed by atoms with Gasteiger partial charge in [0.2, 0.25) is 21.8 Å². The number of amides is 2. The number of anilines is 1. The summed E-state index contributed by atoms with van der Waals surface area (Å²) >= 11 is 30.3. The molecule has 0 aromatic heterocycles. The van der Waals surface area contributed by atoms with Crippen molar-refractivity contribution in [1.82, 2.24) is 10.2 Å². The van der Waals surface area contributed by atoms with Gasteiger partial charge in [0.05, 0.1) is 37.1 Å². The topological polar surface area (TPSA) is 86.8 Å². The summed E-state index contributed by atoms with van der Waals surface area (Å²) in [7, 11) is -2.53. The molecule has 0 heterocycles. The minimum Gasteiger partial charge on any atom is -0.357 e. The van der Waals surface area contributed by atoms with E-state index in [1.54, 1.807) is 25.1 Å². The van der Waals surface area contributed by atoms with Crippen LogP contribution in [0.2, 0.25) is 25.1 Å². The fraction of sp³-hybridized carbons (Fsp3) is 0.333. The minimum atomic E-state index is -3.98. The van der Waals surface area contributed by atoms with Crippen LogP contribution in [0.15, 0.2) is 30.3 Å². The first-order valence-corrected chi connectivity index (χ1v) is 13.6. The van der Waals surface area contributed by atoms with E-state index in [2.05, 4.69) is 5.32 Å². The lowest BCUT2D eigenvalue weighted by molar-refractivity contribution is -0.140. The number of benzene rings is 2. The predicted molar refractivity (Wildman–Crippen MR) is 139 cm³/mol. The molecule has 0 saturated carbocycles. The van der Waals surface area contributed by atoms with Crippen molar-refractivity contribution in [3.05, 3.63) is 61.0 Å². The lowest BCUT2D eigenvalue weighted by Crippen LogP contribution is -2.51. The number of carbonyl (C=O) groups excluding carboxylic acids is 2. The summed E-state index contributed by atoms with van der Waals surface area (Å²) in [4.78, 5) is 27.3. The van der Waals surface area contributed by atoms with Crippen molar-refractivity contribution in [1.29, 1.82) is 0 Å². The van der Waals surface area contributed by atoms with Crippen molar-refractivity contribution in [3.8, 4) is 0 Å². The first-order chi connectivity index (χ1) is 15.8. The molecule has 0 aliphatic carbocycles. The fourth-order valence-corrected chi connectivity index (χ4v) is 5.09. The van der Waals surface area contributed by atoms with Gasteiger partial charge in [0.15, 0.2) is 0 Å². The molecule has 2 aromatic carbocycles. The average molecular weight is 590 g/mol. The number of nitrogens with zero attached hydrogens (tertiary/aromatic N) is 2. The van der Waals surface area contributed by atoms with E-state index in [-0.39, 0.29) is 38.7 Å². The molecule has 0 saturated heterocycles. The number of hydrogen-bond donors (Lipinski definition) is 1. The first kappa shape index (κ1) is 28.8. The second-order valence-corrected chi connectivity index (χ2v) is 11.2. The van der Waals surface area contributed by atoms with E-state index < -0.39 is 34.4 Å². The maximum atomic E-state index is 13.5. The van der Waals surface area contributed by atoms with Crippen molar-refractivity contribution >= 4 is 85.5 Å². The zero-order chi connectivity index (χ0) is 25.8. The maximum absolute atomic E-state index is 13.5. The number of nitrogens with one attached hydrogen (secondary N) is 1. The van der Waals surface area contributed by atoms with Gasteiger partial charge in [0.25, 0.3) is 0 Å². The van der Waals surface area contributed by atoms with Gasteiger partial charge in [-0.15, -0.1) is 0 Å². The average Bonchev–Trinajstić information content (AvgIpc) is 2.76. The van der Waals surface area contributed by atoms with Gasteiger partial charge in [-0.3, -0.25) is 13.9 Å². The quantitative estimate of drug-likeness (QED) is 0.404. The molecule has 0 unspecified atom stereocenters. The molecule has 2 aromatic rings. The summed E-state index contributed by atoms with van der Waals surface area (Å²) < 4.78 is 26.1. The summed E-state index contributed by atoms with van der Waals surface area (Å²) in [5.74, 6) is -1.05. The first-order valence-electron chi connectivity index (χ1n) is 9.87. The lowest BCUT2D eigenvalue weighted by atomic mass is 10.1. The standard InChI is InChI=1S/C21H22Cl5N3O4S/c1-4-18(21(31)27-2)28(10-12-5-6-13(22)14(23)7-12)20(30)11-29(34(3,32)33)19-9-16(25)15(24)8-17(19)26/h5-9,18H,4,10-11H2,1-3H3,(H,27,31)/t18-/m1/s1. The lowest BCUT2D eigenvalue weighted by Gasteiger charge is -2.32. The molecule has 1 atom stereocenters. The zero-order valence-corrected chi connectivity index (χ0v) is 23.0. The zero-order valence-electron chi connectivity index (χ0n) is 18.4. The summed E-state index contributed by atoms with van der Waals surface area (Å²) in [6.45, 7) is 1.08. The van der Waals surface area contributed by atoms with Crippen LogP contribution in [0.5, 0.6) is 0 Å². The highest BCUT2D eigenvalue weighted by molar-refractivity contribution is 7.92. The van der Waals surface area contributed by atoms with E-state index in [4.69, 9.17) is 58.0 Å². The second-order valence-electron chi connectivity index (χ2n) is 7.30. The van der Waals surface area contributed by atoms with Gasteiger partial charge >= 0.3 is 0 Å². The van der Waals surface area contributed by atoms with Gasteiger partial charge in [-0.2, -0.15) is 0 Å². The van der Waals surface area contributed by atoms with E-state index in [9.17, 15) is 18.0 Å². The van der Waals surface area contributed by atoms with Crippen LogP contribution in [0, 0.1) is 0 Å². The number of hydrogen-bond acceptors (Lipinski definition) is 4. The van der Waals surface area contributed by atoms with Crippen LogP contribution in [0.4, 0.5) is 5.69 Å². The number of rotatable bonds is 9. The van der Waals surface area contributed by atoms with Gasteiger partial charge in [-0.25, -0.2) is 8.42 Å². The van der Waals surface area contributed by atoms with Crippen LogP contribution in [0.1, 0.15) is 18.9 Å². The highest BCUT2D eigenvalue weighted by Gasteiger charge is 2.32. The van der Waals surface area contributed by atoms with Gasteiger partial charge in [-0.05, 0) is 36.2 Å². The number of halogens is 5. The van der Waals surface area contributed by atoms with E-state index in [0.29, 0.717) is 10.6 Å². The van der Waals surface area contributed by atoms with E-state index in [1.807, 2.05) is 0 Å². The fourth-order valence-electron chi connectivity index (χ4n) is 3.22. The molecule has 7 nitrogen and oxygen atoms in total. The monoisotopic (exact) mass is 587 g/mol. The van der Waals surface area contributed by atoms with E-state index in [0.717, 1.165) is 10.6 Å². The van der Waals surface area contributed by atoms with E-state index >= 15 is 0 Å². The van der Waals surface area contributed by atoms with Crippen molar-refractivity contribution in [2.45, 2.75) is 25.9 Å². The summed E-state index contributed by atoms with van der Waals surface area (Å²) in [6.07, 6.45) is 1.21. The molecule has 2 rings (SSSR count). The molecule has 2 amide bonds. The molecule has 13 heteroatoms. The third-order valence-corrected chi connectivity index (χ3v) is 7.80. The van der Waals surface area contributed by atoms with E-state index in [1.165, 1.54) is 24.1 Å². The third kappa shape index (κ3) is 7.06. The molecule has 34 heavy (non-hydrogen) atoms. The predicted octanol–water partition coefficient (Wildman–Crippen LogP) is 5.27. The summed E-state index contributed by atoms with van der Waals surface area (Å²) in [6, 6.07) is 6.48. The van der Waals surface area contributed by atoms with Gasteiger partial charge in [0, 0.05) is 13.6 Å². The number of sulfonamides is 1. The van der Waals surface area contributed by atoms with Crippen molar-refractivity contribution < 1.29 is 18.0 Å². The van der Waals surface area contributed by atoms with Crippen LogP contribution in [-0.4, -0.2) is 51.0 Å². The molecule has 0 fully saturated rings. The van der Waals surface area contributed by atoms with Crippen LogP contribution in [0.25, 0.3) is 0 Å². The molecule has 1 N–H and O–H groups in total. The van der Waals surface area contributed by atoms with Gasteiger partial charge in [0.1, 0.15) is 12.6 Å². The Morgan fingerprint density at radius 1 is 0.941 bits per heavy atom. The second kappa shape index (κ2) is 12.0. The maximum Gasteiger partial charge on any atom is 0.244 e. The van der Waals surface area contributed by atoms with Crippen LogP contribution < -0.4 is 9.62 Å². The van der Waals surface area contributed by atoms with Crippen molar-refractivity contribution in [2.75, 3.05) is 24.2 Å². The van der Waals surface area contributed by atoms with Crippen LogP contribution in [-0.2, 0) is 26.2 Å². The normalized spacial score (nSPS) is 12.2. The Labute approximate surface area is 223 Å². The Hall–Kier alpha value is -1.42. The Kier molecular flexibility index (Phi) is 10.2. The largest absolute Gasteiger partial charge is 0.357 e. The number of carbonyl (C=O) groups is 2. The Morgan fingerprint density at radius 3 is 2.06 bits per heavy atom. The minimum absolute atomic E-state index is 0.0120. The molecule has 0 aliphatic heterocycles. The van der Waals surface area contributed by atoms with Gasteiger partial charge < -0.3 is 10.2 Å². The Morgan fingerprint density at radius 2 is 1.53 bits per heavy atom. The molecule has 0 spiro atoms. The Bertz CT molecular complexity index is 1190. The highest BCUT2D eigenvalue weighted by atomic mass is 35.5. The SMILES string of the molecule is CC[C@H](C(=O)NC)N(Cc1ccc(Cl)c(Cl)c1)C(=O)CN(c1cc(Cl)c(Cl)cc1Cl)S(C)(=O)=O. The third-order valence-electron chi connectivity index (χ3n) is 4.91. The molecule has 186 valence electrons. The number of likely N-dealkylation sites (N-methyl/N-ethyl adjacent to an activating group) is 1. The summed E-state index contributed by atoms with van der Waals surface area (Å²) in [5.41, 5.74) is 0.581.